The van der Waals surface area contributed by atoms with Crippen LogP contribution in [0.25, 0.3) is 0 Å². The van der Waals surface area contributed by atoms with Crippen LogP contribution < -0.4 is 9.62 Å². The zero-order valence-corrected chi connectivity index (χ0v) is 23.1. The SMILES string of the molecule is Cc1ccc(S(=O)(=O)N(CC(=O)N(Cc2ccccc2C)[C@H](C)C(=O)NC(C)C)c2ccccc2F)cc1. The van der Waals surface area contributed by atoms with Crippen molar-refractivity contribution in [2.75, 3.05) is 10.8 Å². The summed E-state index contributed by atoms with van der Waals surface area (Å²) in [5.74, 6) is -1.80. The fourth-order valence-electron chi connectivity index (χ4n) is 3.96. The van der Waals surface area contributed by atoms with Gasteiger partial charge >= 0.3 is 0 Å². The molecule has 0 saturated heterocycles. The molecule has 1 N–H and O–H groups in total. The first kappa shape index (κ1) is 28.8. The lowest BCUT2D eigenvalue weighted by Crippen LogP contribution is -2.52. The number of nitrogens with zero attached hydrogens (tertiary/aromatic N) is 2. The molecule has 3 aromatic carbocycles. The molecule has 9 heteroatoms. The van der Waals surface area contributed by atoms with E-state index in [9.17, 15) is 22.4 Å². The predicted octanol–water partition coefficient (Wildman–Crippen LogP) is 4.58. The van der Waals surface area contributed by atoms with E-state index in [1.54, 1.807) is 19.1 Å². The number of amides is 2. The standard InChI is InChI=1S/C29H34FN3O4S/c1-20(2)31-29(35)23(5)32(18-24-11-7-6-10-22(24)4)28(34)19-33(27-13-9-8-12-26(27)30)38(36,37)25-16-14-21(3)15-17-25/h6-17,20,23H,18-19H2,1-5H3,(H,31,35)/t23-/m1/s1. The van der Waals surface area contributed by atoms with Gasteiger partial charge in [0, 0.05) is 12.6 Å². The lowest BCUT2D eigenvalue weighted by Gasteiger charge is -2.32. The maximum atomic E-state index is 14.9. The van der Waals surface area contributed by atoms with E-state index >= 15 is 0 Å². The van der Waals surface area contributed by atoms with Gasteiger partial charge in [0.2, 0.25) is 11.8 Å². The Kier molecular flexibility index (Phi) is 9.27. The Morgan fingerprint density at radius 1 is 0.895 bits per heavy atom. The number of carbonyl (C=O) groups excluding carboxylic acids is 2. The Hall–Kier alpha value is -3.72. The molecule has 0 aliphatic rings. The second-order valence-electron chi connectivity index (χ2n) is 9.56. The van der Waals surface area contributed by atoms with E-state index in [0.29, 0.717) is 0 Å². The summed E-state index contributed by atoms with van der Waals surface area (Å²) in [7, 11) is -4.32. The Labute approximate surface area is 224 Å². The van der Waals surface area contributed by atoms with E-state index in [1.807, 2.05) is 52.0 Å². The normalized spacial score (nSPS) is 12.2. The summed E-state index contributed by atoms with van der Waals surface area (Å²) in [6, 6.07) is 17.9. The second-order valence-corrected chi connectivity index (χ2v) is 11.4. The number of sulfonamides is 1. The highest BCUT2D eigenvalue weighted by Crippen LogP contribution is 2.27. The first-order chi connectivity index (χ1) is 17.9. The Morgan fingerprint density at radius 2 is 1.50 bits per heavy atom. The molecule has 0 radical (unpaired) electrons. The van der Waals surface area contributed by atoms with Crippen molar-refractivity contribution in [1.82, 2.24) is 10.2 Å². The van der Waals surface area contributed by atoms with E-state index in [4.69, 9.17) is 0 Å². The highest BCUT2D eigenvalue weighted by Gasteiger charge is 2.33. The third-order valence-corrected chi connectivity index (χ3v) is 7.98. The largest absolute Gasteiger partial charge is 0.352 e. The third kappa shape index (κ3) is 6.77. The zero-order chi connectivity index (χ0) is 28.0. The molecule has 0 aliphatic heterocycles. The highest BCUT2D eigenvalue weighted by molar-refractivity contribution is 7.92. The second kappa shape index (κ2) is 12.2. The molecule has 0 fully saturated rings. The summed E-state index contributed by atoms with van der Waals surface area (Å²) < 4.78 is 43.2. The summed E-state index contributed by atoms with van der Waals surface area (Å²) in [5.41, 5.74) is 2.33. The van der Waals surface area contributed by atoms with Crippen LogP contribution in [0.2, 0.25) is 0 Å². The van der Waals surface area contributed by atoms with Gasteiger partial charge < -0.3 is 10.2 Å². The summed E-state index contributed by atoms with van der Waals surface area (Å²) >= 11 is 0. The topological polar surface area (TPSA) is 86.8 Å². The molecule has 0 saturated carbocycles. The molecule has 7 nitrogen and oxygen atoms in total. The van der Waals surface area contributed by atoms with Crippen LogP contribution in [0.15, 0.2) is 77.7 Å². The first-order valence-corrected chi connectivity index (χ1v) is 13.8. The minimum Gasteiger partial charge on any atom is -0.352 e. The number of nitrogens with one attached hydrogen (secondary N) is 1. The molecule has 0 aromatic heterocycles. The lowest BCUT2D eigenvalue weighted by atomic mass is 10.1. The molecule has 0 unspecified atom stereocenters. The third-order valence-electron chi connectivity index (χ3n) is 6.21. The Bertz CT molecular complexity index is 1390. The molecule has 38 heavy (non-hydrogen) atoms. The number of aryl methyl sites for hydroxylation is 2. The van der Waals surface area contributed by atoms with Gasteiger partial charge in [-0.05, 0) is 70.0 Å². The number of anilines is 1. The van der Waals surface area contributed by atoms with Gasteiger partial charge in [-0.1, -0.05) is 54.1 Å². The molecule has 0 heterocycles. The molecule has 0 spiro atoms. The van der Waals surface area contributed by atoms with E-state index in [2.05, 4.69) is 5.32 Å². The molecule has 0 bridgehead atoms. The molecule has 1 atom stereocenters. The minimum atomic E-state index is -4.32. The van der Waals surface area contributed by atoms with Crippen molar-refractivity contribution in [3.05, 3.63) is 95.3 Å². The Balaban J connectivity index is 2.06. The van der Waals surface area contributed by atoms with Crippen molar-refractivity contribution >= 4 is 27.5 Å². The smallest absolute Gasteiger partial charge is 0.264 e. The number of carbonyl (C=O) groups is 2. The molecule has 3 aromatic rings. The zero-order valence-electron chi connectivity index (χ0n) is 22.3. The lowest BCUT2D eigenvalue weighted by molar-refractivity contribution is -0.139. The number of hydrogen-bond acceptors (Lipinski definition) is 4. The molecular weight excluding hydrogens is 505 g/mol. The van der Waals surface area contributed by atoms with Gasteiger partial charge in [0.1, 0.15) is 18.4 Å². The van der Waals surface area contributed by atoms with Gasteiger partial charge in [0.15, 0.2) is 0 Å². The van der Waals surface area contributed by atoms with Crippen LogP contribution in [-0.2, 0) is 26.2 Å². The van der Waals surface area contributed by atoms with Crippen LogP contribution in [0.3, 0.4) is 0 Å². The molecular formula is C29H34FN3O4S. The number of hydrogen-bond donors (Lipinski definition) is 1. The quantitative estimate of drug-likeness (QED) is 0.409. The van der Waals surface area contributed by atoms with Crippen LogP contribution in [0.5, 0.6) is 0 Å². The maximum absolute atomic E-state index is 14.9. The molecule has 2 amide bonds. The van der Waals surface area contributed by atoms with Crippen molar-refractivity contribution < 1.29 is 22.4 Å². The van der Waals surface area contributed by atoms with Crippen LogP contribution in [0.4, 0.5) is 10.1 Å². The predicted molar refractivity (Wildman–Crippen MR) is 147 cm³/mol. The van der Waals surface area contributed by atoms with Crippen LogP contribution in [-0.4, -0.2) is 43.8 Å². The van der Waals surface area contributed by atoms with E-state index in [-0.39, 0.29) is 29.1 Å². The van der Waals surface area contributed by atoms with Crippen molar-refractivity contribution in [2.24, 2.45) is 0 Å². The van der Waals surface area contributed by atoms with Gasteiger partial charge in [-0.2, -0.15) is 0 Å². The van der Waals surface area contributed by atoms with Gasteiger partial charge in [-0.25, -0.2) is 12.8 Å². The summed E-state index contributed by atoms with van der Waals surface area (Å²) in [5, 5.41) is 2.81. The van der Waals surface area contributed by atoms with Crippen LogP contribution >= 0.6 is 0 Å². The average Bonchev–Trinajstić information content (AvgIpc) is 2.86. The van der Waals surface area contributed by atoms with Gasteiger partial charge in [-0.3, -0.25) is 13.9 Å². The summed E-state index contributed by atoms with van der Waals surface area (Å²) in [4.78, 5) is 28.0. The average molecular weight is 540 g/mol. The van der Waals surface area contributed by atoms with E-state index in [1.165, 1.54) is 35.2 Å². The fourth-order valence-corrected chi connectivity index (χ4v) is 5.39. The molecule has 3 rings (SSSR count). The van der Waals surface area contributed by atoms with Crippen LogP contribution in [0.1, 0.15) is 37.5 Å². The van der Waals surface area contributed by atoms with Crippen LogP contribution in [0, 0.1) is 19.7 Å². The van der Waals surface area contributed by atoms with Crippen molar-refractivity contribution in [3.63, 3.8) is 0 Å². The summed E-state index contributed by atoms with van der Waals surface area (Å²) in [6.45, 7) is 8.32. The van der Waals surface area contributed by atoms with E-state index in [0.717, 1.165) is 27.1 Å². The highest BCUT2D eigenvalue weighted by atomic mass is 32.2. The molecule has 0 aliphatic carbocycles. The number of para-hydroxylation sites is 1. The summed E-state index contributed by atoms with van der Waals surface area (Å²) in [6.07, 6.45) is 0. The van der Waals surface area contributed by atoms with Gasteiger partial charge in [0.25, 0.3) is 10.0 Å². The molecule has 202 valence electrons. The van der Waals surface area contributed by atoms with Gasteiger partial charge in [-0.15, -0.1) is 0 Å². The number of halogens is 1. The Morgan fingerprint density at radius 3 is 2.11 bits per heavy atom. The van der Waals surface area contributed by atoms with E-state index < -0.39 is 34.3 Å². The first-order valence-electron chi connectivity index (χ1n) is 12.4. The minimum absolute atomic E-state index is 0.0739. The number of rotatable bonds is 10. The number of benzene rings is 3. The monoisotopic (exact) mass is 539 g/mol. The van der Waals surface area contributed by atoms with Gasteiger partial charge in [0.05, 0.1) is 10.6 Å². The van der Waals surface area contributed by atoms with Crippen molar-refractivity contribution in [3.8, 4) is 0 Å². The maximum Gasteiger partial charge on any atom is 0.264 e. The van der Waals surface area contributed by atoms with Crippen molar-refractivity contribution in [2.45, 2.75) is 58.1 Å². The fraction of sp³-hybridized carbons (Fsp3) is 0.310. The van der Waals surface area contributed by atoms with Crippen molar-refractivity contribution in [1.29, 1.82) is 0 Å².